The van der Waals surface area contributed by atoms with E-state index in [4.69, 9.17) is 0 Å². The zero-order chi connectivity index (χ0) is 16.8. The summed E-state index contributed by atoms with van der Waals surface area (Å²) in [5.74, 6) is -0.123. The second kappa shape index (κ2) is 8.66. The third-order valence-corrected chi connectivity index (χ3v) is 5.27. The number of nitrogens with zero attached hydrogens (tertiary/aromatic N) is 2. The molecule has 0 atom stereocenters. The van der Waals surface area contributed by atoms with Crippen molar-refractivity contribution in [2.75, 3.05) is 13.1 Å². The molecule has 2 nitrogen and oxygen atoms in total. The van der Waals surface area contributed by atoms with E-state index in [9.17, 15) is 4.39 Å². The summed E-state index contributed by atoms with van der Waals surface area (Å²) in [5, 5.41) is 1.10. The van der Waals surface area contributed by atoms with Gasteiger partial charge in [-0.3, -0.25) is 4.90 Å². The second-order valence-corrected chi connectivity index (χ2v) is 7.26. The van der Waals surface area contributed by atoms with E-state index >= 15 is 0 Å². The highest BCUT2D eigenvalue weighted by molar-refractivity contribution is 5.84. The Kier molecular flexibility index (Phi) is 6.30. The molecule has 1 aromatic heterocycles. The number of hydrogen-bond acceptors (Lipinski definition) is 1. The first kappa shape index (κ1) is 17.5. The molecule has 0 saturated carbocycles. The Morgan fingerprint density at radius 1 is 1.00 bits per heavy atom. The summed E-state index contributed by atoms with van der Waals surface area (Å²) < 4.78 is 16.1. The van der Waals surface area contributed by atoms with Crippen LogP contribution >= 0.6 is 0 Å². The van der Waals surface area contributed by atoms with E-state index < -0.39 is 0 Å². The first-order valence-electron chi connectivity index (χ1n) is 9.77. The van der Waals surface area contributed by atoms with Crippen LogP contribution in [0.5, 0.6) is 0 Å². The Labute approximate surface area is 145 Å². The first-order valence-corrected chi connectivity index (χ1v) is 9.77. The molecule has 2 aromatic rings. The number of benzene rings is 1. The molecule has 0 radical (unpaired) electrons. The molecule has 1 fully saturated rings. The van der Waals surface area contributed by atoms with Gasteiger partial charge in [-0.2, -0.15) is 0 Å². The van der Waals surface area contributed by atoms with Crippen LogP contribution in [0.25, 0.3) is 10.9 Å². The standard InChI is InChI=1S/C21H31FN2/c1-2-3-4-5-6-7-14-24-17-18(16-23-12-8-9-13-23)20-15-19(22)10-11-21(20)24/h10-11,15,17H,2-9,12-14,16H2,1H3. The molecule has 0 aliphatic carbocycles. The summed E-state index contributed by atoms with van der Waals surface area (Å²) in [6.07, 6.45) is 12.7. The van der Waals surface area contributed by atoms with Crippen LogP contribution in [-0.4, -0.2) is 22.6 Å². The van der Waals surface area contributed by atoms with Crippen LogP contribution in [0.15, 0.2) is 24.4 Å². The van der Waals surface area contributed by atoms with Crippen LogP contribution in [0.4, 0.5) is 4.39 Å². The minimum absolute atomic E-state index is 0.123. The van der Waals surface area contributed by atoms with E-state index in [1.54, 1.807) is 12.1 Å². The highest BCUT2D eigenvalue weighted by Crippen LogP contribution is 2.25. The Morgan fingerprint density at radius 2 is 1.75 bits per heavy atom. The molecule has 0 spiro atoms. The zero-order valence-corrected chi connectivity index (χ0v) is 15.1. The molecule has 1 aliphatic heterocycles. The zero-order valence-electron chi connectivity index (χ0n) is 15.1. The number of likely N-dealkylation sites (tertiary alicyclic amines) is 1. The fourth-order valence-electron chi connectivity index (χ4n) is 3.90. The van der Waals surface area contributed by atoms with E-state index in [0.717, 1.165) is 18.5 Å². The molecule has 0 bridgehead atoms. The van der Waals surface area contributed by atoms with Gasteiger partial charge in [0.05, 0.1) is 0 Å². The summed E-state index contributed by atoms with van der Waals surface area (Å²) in [7, 11) is 0. The van der Waals surface area contributed by atoms with Gasteiger partial charge in [0.2, 0.25) is 0 Å². The maximum absolute atomic E-state index is 13.7. The van der Waals surface area contributed by atoms with Crippen LogP contribution in [0.3, 0.4) is 0 Å². The van der Waals surface area contributed by atoms with Gasteiger partial charge in [-0.15, -0.1) is 0 Å². The number of unbranched alkanes of at least 4 members (excludes halogenated alkanes) is 5. The summed E-state index contributed by atoms with van der Waals surface area (Å²) in [6.45, 7) is 6.63. The average molecular weight is 330 g/mol. The number of fused-ring (bicyclic) bond motifs is 1. The van der Waals surface area contributed by atoms with Crippen LogP contribution in [-0.2, 0) is 13.1 Å². The van der Waals surface area contributed by atoms with Crippen LogP contribution in [0, 0.1) is 5.82 Å². The summed E-state index contributed by atoms with van der Waals surface area (Å²) in [5.41, 5.74) is 2.48. The van der Waals surface area contributed by atoms with Gasteiger partial charge in [0.25, 0.3) is 0 Å². The van der Waals surface area contributed by atoms with Gasteiger partial charge in [0, 0.05) is 30.2 Å². The van der Waals surface area contributed by atoms with Crippen LogP contribution in [0.2, 0.25) is 0 Å². The first-order chi connectivity index (χ1) is 11.8. The van der Waals surface area contributed by atoms with Gasteiger partial charge in [0.1, 0.15) is 5.82 Å². The largest absolute Gasteiger partial charge is 0.347 e. The van der Waals surface area contributed by atoms with Gasteiger partial charge in [-0.25, -0.2) is 4.39 Å². The summed E-state index contributed by atoms with van der Waals surface area (Å²) in [6, 6.07) is 5.27. The lowest BCUT2D eigenvalue weighted by Gasteiger charge is -2.13. The highest BCUT2D eigenvalue weighted by Gasteiger charge is 2.16. The number of aromatic nitrogens is 1. The van der Waals surface area contributed by atoms with Crippen molar-refractivity contribution < 1.29 is 4.39 Å². The van der Waals surface area contributed by atoms with Crippen molar-refractivity contribution in [3.05, 3.63) is 35.8 Å². The molecular formula is C21H31FN2. The van der Waals surface area contributed by atoms with E-state index in [1.165, 1.54) is 75.5 Å². The normalized spacial score (nSPS) is 15.6. The fraction of sp³-hybridized carbons (Fsp3) is 0.619. The molecule has 0 N–H and O–H groups in total. The lowest BCUT2D eigenvalue weighted by molar-refractivity contribution is 0.332. The molecule has 0 unspecified atom stereocenters. The Morgan fingerprint density at radius 3 is 2.54 bits per heavy atom. The van der Waals surface area contributed by atoms with E-state index in [-0.39, 0.29) is 5.82 Å². The van der Waals surface area contributed by atoms with E-state index in [2.05, 4.69) is 22.6 Å². The van der Waals surface area contributed by atoms with Crippen molar-refractivity contribution in [3.63, 3.8) is 0 Å². The molecule has 24 heavy (non-hydrogen) atoms. The minimum atomic E-state index is -0.123. The number of rotatable bonds is 9. The maximum Gasteiger partial charge on any atom is 0.123 e. The minimum Gasteiger partial charge on any atom is -0.347 e. The van der Waals surface area contributed by atoms with Crippen molar-refractivity contribution in [2.45, 2.75) is 71.4 Å². The third-order valence-electron chi connectivity index (χ3n) is 5.27. The number of aryl methyl sites for hydroxylation is 1. The maximum atomic E-state index is 13.7. The van der Waals surface area contributed by atoms with Crippen molar-refractivity contribution >= 4 is 10.9 Å². The molecule has 3 rings (SSSR count). The Balaban J connectivity index is 1.68. The highest BCUT2D eigenvalue weighted by atomic mass is 19.1. The van der Waals surface area contributed by atoms with Crippen LogP contribution in [0.1, 0.15) is 63.9 Å². The van der Waals surface area contributed by atoms with Crippen molar-refractivity contribution in [2.24, 2.45) is 0 Å². The third kappa shape index (κ3) is 4.38. The van der Waals surface area contributed by atoms with Crippen molar-refractivity contribution in [1.82, 2.24) is 9.47 Å². The fourth-order valence-corrected chi connectivity index (χ4v) is 3.90. The molecule has 3 heteroatoms. The Bertz CT molecular complexity index is 641. The van der Waals surface area contributed by atoms with Gasteiger partial charge >= 0.3 is 0 Å². The predicted molar refractivity (Wildman–Crippen MR) is 99.8 cm³/mol. The summed E-state index contributed by atoms with van der Waals surface area (Å²) in [4.78, 5) is 2.49. The SMILES string of the molecule is CCCCCCCCn1cc(CN2CCCC2)c2cc(F)ccc21. The average Bonchev–Trinajstić information content (AvgIpc) is 3.20. The van der Waals surface area contributed by atoms with Crippen LogP contribution < -0.4 is 0 Å². The second-order valence-electron chi connectivity index (χ2n) is 7.26. The number of hydrogen-bond donors (Lipinski definition) is 0. The topological polar surface area (TPSA) is 8.17 Å². The van der Waals surface area contributed by atoms with Gasteiger partial charge in [0.15, 0.2) is 0 Å². The molecule has 1 aliphatic rings. The predicted octanol–water partition coefficient (Wildman–Crippen LogP) is 5.74. The Hall–Kier alpha value is -1.35. The lowest BCUT2D eigenvalue weighted by atomic mass is 10.1. The number of halogens is 1. The molecular weight excluding hydrogens is 299 g/mol. The van der Waals surface area contributed by atoms with E-state index in [0.29, 0.717) is 0 Å². The molecule has 132 valence electrons. The quantitative estimate of drug-likeness (QED) is 0.532. The van der Waals surface area contributed by atoms with Crippen molar-refractivity contribution in [3.8, 4) is 0 Å². The van der Waals surface area contributed by atoms with E-state index in [1.807, 2.05) is 6.07 Å². The van der Waals surface area contributed by atoms with Gasteiger partial charge in [-0.05, 0) is 56.1 Å². The van der Waals surface area contributed by atoms with Gasteiger partial charge < -0.3 is 4.57 Å². The molecule has 1 saturated heterocycles. The smallest absolute Gasteiger partial charge is 0.123 e. The van der Waals surface area contributed by atoms with Gasteiger partial charge in [-0.1, -0.05) is 39.0 Å². The lowest BCUT2D eigenvalue weighted by Crippen LogP contribution is -2.18. The monoisotopic (exact) mass is 330 g/mol. The molecule has 2 heterocycles. The van der Waals surface area contributed by atoms with Crippen molar-refractivity contribution in [1.29, 1.82) is 0 Å². The summed E-state index contributed by atoms with van der Waals surface area (Å²) >= 11 is 0. The molecule has 1 aromatic carbocycles. The molecule has 0 amide bonds.